The lowest BCUT2D eigenvalue weighted by atomic mass is 10.1. The average Bonchev–Trinajstić information content (AvgIpc) is 3.06. The van der Waals surface area contributed by atoms with E-state index in [9.17, 15) is 26.3 Å². The molecule has 2 aromatic heterocycles. The molecule has 0 aliphatic rings. The van der Waals surface area contributed by atoms with E-state index < -0.39 is 29.1 Å². The summed E-state index contributed by atoms with van der Waals surface area (Å²) in [6.07, 6.45) is -8.51. The number of para-hydroxylation sites is 1. The summed E-state index contributed by atoms with van der Waals surface area (Å²) in [4.78, 5) is 3.22. The van der Waals surface area contributed by atoms with Crippen LogP contribution in [0.25, 0.3) is 21.9 Å². The molecule has 0 radical (unpaired) electrons. The molecular weight excluding hydrogens is 426 g/mol. The molecule has 6 nitrogen and oxygen atoms in total. The van der Waals surface area contributed by atoms with E-state index in [1.54, 1.807) is 29.9 Å². The van der Waals surface area contributed by atoms with E-state index in [4.69, 9.17) is 0 Å². The van der Waals surface area contributed by atoms with Crippen LogP contribution < -0.4 is 5.43 Å². The van der Waals surface area contributed by atoms with Crippen LogP contribution in [-0.4, -0.2) is 26.2 Å². The second-order valence-electron chi connectivity index (χ2n) is 6.58. The Morgan fingerprint density at radius 3 is 2.48 bits per heavy atom. The van der Waals surface area contributed by atoms with Crippen molar-refractivity contribution in [3.8, 4) is 0 Å². The highest BCUT2D eigenvalue weighted by atomic mass is 19.4. The van der Waals surface area contributed by atoms with Gasteiger partial charge < -0.3 is 0 Å². The first kappa shape index (κ1) is 20.6. The molecule has 4 aromatic rings. The van der Waals surface area contributed by atoms with Crippen LogP contribution in [0.1, 0.15) is 16.8 Å². The largest absolute Gasteiger partial charge is 0.433 e. The number of hydrazone groups is 1. The molecule has 0 saturated carbocycles. The summed E-state index contributed by atoms with van der Waals surface area (Å²) < 4.78 is 81.2. The molecule has 2 aromatic carbocycles. The van der Waals surface area contributed by atoms with Gasteiger partial charge in [-0.2, -0.15) is 31.4 Å². The Morgan fingerprint density at radius 2 is 1.77 bits per heavy atom. The fourth-order valence-electron chi connectivity index (χ4n) is 3.03. The second-order valence-corrected chi connectivity index (χ2v) is 6.58. The van der Waals surface area contributed by atoms with Crippen molar-refractivity contribution in [3.05, 3.63) is 59.3 Å². The normalized spacial score (nSPS) is 12.9. The van der Waals surface area contributed by atoms with Crippen molar-refractivity contribution < 1.29 is 26.3 Å². The van der Waals surface area contributed by atoms with E-state index in [-0.39, 0.29) is 11.1 Å². The van der Waals surface area contributed by atoms with Crippen LogP contribution in [0.15, 0.2) is 47.6 Å². The molecule has 0 fully saturated rings. The first-order valence-corrected chi connectivity index (χ1v) is 8.71. The molecule has 0 aliphatic heterocycles. The molecule has 0 saturated heterocycles. The van der Waals surface area contributed by atoms with Crippen molar-refractivity contribution in [2.75, 3.05) is 5.43 Å². The Hall–Kier alpha value is -3.70. The zero-order valence-electron chi connectivity index (χ0n) is 15.6. The van der Waals surface area contributed by atoms with Crippen LogP contribution in [-0.2, 0) is 19.4 Å². The maximum Gasteiger partial charge on any atom is 0.433 e. The van der Waals surface area contributed by atoms with Crippen LogP contribution in [0.2, 0.25) is 0 Å². The summed E-state index contributed by atoms with van der Waals surface area (Å²) in [5.41, 5.74) is 0.495. The predicted molar refractivity (Wildman–Crippen MR) is 101 cm³/mol. The number of anilines is 1. The summed E-state index contributed by atoms with van der Waals surface area (Å²) in [5.74, 6) is 0. The summed E-state index contributed by atoms with van der Waals surface area (Å²) in [6.45, 7) is 0. The van der Waals surface area contributed by atoms with Gasteiger partial charge in [-0.05, 0) is 29.8 Å². The number of nitrogens with one attached hydrogen (secondary N) is 1. The number of aromatic nitrogens is 4. The molecule has 160 valence electrons. The maximum absolute atomic E-state index is 13.3. The van der Waals surface area contributed by atoms with Gasteiger partial charge in [0.15, 0.2) is 0 Å². The summed E-state index contributed by atoms with van der Waals surface area (Å²) >= 11 is 0. The Bertz CT molecular complexity index is 1310. The number of benzene rings is 2. The summed E-state index contributed by atoms with van der Waals surface area (Å²) in [6, 6.07) is 8.70. The smallest absolute Gasteiger partial charge is 0.278 e. The Balaban J connectivity index is 1.75. The van der Waals surface area contributed by atoms with E-state index in [1.807, 2.05) is 0 Å². The molecule has 31 heavy (non-hydrogen) atoms. The van der Waals surface area contributed by atoms with Crippen LogP contribution in [0.3, 0.4) is 0 Å². The van der Waals surface area contributed by atoms with Crippen LogP contribution in [0, 0.1) is 0 Å². The molecule has 0 aliphatic carbocycles. The second kappa shape index (κ2) is 7.22. The zero-order valence-corrected chi connectivity index (χ0v) is 15.6. The van der Waals surface area contributed by atoms with E-state index in [0.717, 1.165) is 11.6 Å². The van der Waals surface area contributed by atoms with Gasteiger partial charge in [-0.15, -0.1) is 5.10 Å². The molecule has 0 unspecified atom stereocenters. The number of rotatable bonds is 3. The molecular formula is C19H12F6N6. The summed E-state index contributed by atoms with van der Waals surface area (Å²) in [7, 11) is 1.71. The summed E-state index contributed by atoms with van der Waals surface area (Å²) in [5, 5.41) is 11.5. The minimum Gasteiger partial charge on any atom is -0.278 e. The van der Waals surface area contributed by atoms with Crippen molar-refractivity contribution in [3.63, 3.8) is 0 Å². The van der Waals surface area contributed by atoms with Gasteiger partial charge in [-0.3, -0.25) is 5.43 Å². The van der Waals surface area contributed by atoms with Crippen molar-refractivity contribution in [1.29, 1.82) is 0 Å². The van der Waals surface area contributed by atoms with E-state index in [1.165, 1.54) is 12.3 Å². The van der Waals surface area contributed by atoms with Gasteiger partial charge in [0, 0.05) is 12.4 Å². The number of halogens is 6. The van der Waals surface area contributed by atoms with Gasteiger partial charge in [0.25, 0.3) is 0 Å². The van der Waals surface area contributed by atoms with Crippen molar-refractivity contribution >= 4 is 33.8 Å². The lowest BCUT2D eigenvalue weighted by Crippen LogP contribution is -2.12. The van der Waals surface area contributed by atoms with Gasteiger partial charge in [-0.25, -0.2) is 9.67 Å². The molecule has 4 rings (SSSR count). The standard InChI is InChI=1S/C19H12F6N6/c1-31-15-6-5-10(7-14(15)29-30-31)9-26-28-13-8-16(19(23,24)25)27-17-11(13)3-2-4-12(17)18(20,21)22/h2-9H,1H3,(H,27,28)/b26-9+. The SMILES string of the molecule is Cn1nnc2cc(/C=N/Nc3cc(C(F)(F)F)nc4c(C(F)(F)F)cccc34)ccc21. The number of pyridine rings is 1. The third kappa shape index (κ3) is 4.00. The first-order valence-electron chi connectivity index (χ1n) is 8.71. The highest BCUT2D eigenvalue weighted by Crippen LogP contribution is 2.39. The fraction of sp³-hybridized carbons (Fsp3) is 0.158. The highest BCUT2D eigenvalue weighted by molar-refractivity contribution is 5.94. The van der Waals surface area contributed by atoms with Gasteiger partial charge >= 0.3 is 12.4 Å². The molecule has 0 atom stereocenters. The van der Waals surface area contributed by atoms with Crippen LogP contribution in [0.5, 0.6) is 0 Å². The number of fused-ring (bicyclic) bond motifs is 2. The fourth-order valence-corrected chi connectivity index (χ4v) is 3.03. The number of hydrogen-bond acceptors (Lipinski definition) is 5. The number of alkyl halides is 6. The van der Waals surface area contributed by atoms with Gasteiger partial charge in [0.1, 0.15) is 11.2 Å². The van der Waals surface area contributed by atoms with E-state index >= 15 is 0 Å². The molecule has 0 amide bonds. The quantitative estimate of drug-likeness (QED) is 0.278. The van der Waals surface area contributed by atoms with Crippen molar-refractivity contribution in [1.82, 2.24) is 20.0 Å². The average molecular weight is 438 g/mol. The third-order valence-corrected chi connectivity index (χ3v) is 4.47. The molecule has 1 N–H and O–H groups in total. The van der Waals surface area contributed by atoms with E-state index in [0.29, 0.717) is 23.2 Å². The molecule has 12 heteroatoms. The maximum atomic E-state index is 13.3. The number of nitrogens with zero attached hydrogens (tertiary/aromatic N) is 5. The minimum atomic E-state index is -4.94. The third-order valence-electron chi connectivity index (χ3n) is 4.47. The first-order chi connectivity index (χ1) is 14.5. The van der Waals surface area contributed by atoms with Gasteiger partial charge in [0.05, 0.1) is 28.5 Å². The Labute approximate surface area is 170 Å². The van der Waals surface area contributed by atoms with Crippen molar-refractivity contribution in [2.45, 2.75) is 12.4 Å². The minimum absolute atomic E-state index is 0.149. The topological polar surface area (TPSA) is 68.0 Å². The lowest BCUT2D eigenvalue weighted by Gasteiger charge is -2.15. The lowest BCUT2D eigenvalue weighted by molar-refractivity contribution is -0.142. The molecule has 2 heterocycles. The highest BCUT2D eigenvalue weighted by Gasteiger charge is 2.37. The molecule has 0 spiro atoms. The van der Waals surface area contributed by atoms with Gasteiger partial charge in [0.2, 0.25) is 0 Å². The molecule has 0 bridgehead atoms. The van der Waals surface area contributed by atoms with Crippen LogP contribution in [0.4, 0.5) is 32.0 Å². The van der Waals surface area contributed by atoms with Crippen LogP contribution >= 0.6 is 0 Å². The monoisotopic (exact) mass is 438 g/mol. The van der Waals surface area contributed by atoms with E-state index in [2.05, 4.69) is 25.8 Å². The number of hydrogen-bond donors (Lipinski definition) is 1. The van der Waals surface area contributed by atoms with Gasteiger partial charge in [-0.1, -0.05) is 23.4 Å². The predicted octanol–water partition coefficient (Wildman–Crippen LogP) is 5.00. The zero-order chi connectivity index (χ0) is 22.4. The number of aryl methyl sites for hydroxylation is 1. The van der Waals surface area contributed by atoms with Crippen molar-refractivity contribution in [2.24, 2.45) is 12.1 Å². The Morgan fingerprint density at radius 1 is 1.00 bits per heavy atom. The Kier molecular flexibility index (Phi) is 4.79.